The summed E-state index contributed by atoms with van der Waals surface area (Å²) in [5, 5.41) is 14.7. The number of β-amino-alcohol motifs (C(OH)–C–C–N with tert-alkyl or cyclic N) is 1. The van der Waals surface area contributed by atoms with E-state index in [9.17, 15) is 9.90 Å². The molecule has 0 aliphatic carbocycles. The van der Waals surface area contributed by atoms with Crippen LogP contribution in [0.15, 0.2) is 42.7 Å². The minimum absolute atomic E-state index is 0.0576. The average Bonchev–Trinajstić information content (AvgIpc) is 3.32. The van der Waals surface area contributed by atoms with Gasteiger partial charge in [-0.3, -0.25) is 14.4 Å². The van der Waals surface area contributed by atoms with Crippen LogP contribution in [-0.4, -0.2) is 76.0 Å². The van der Waals surface area contributed by atoms with Crippen LogP contribution in [0.5, 0.6) is 5.75 Å². The lowest BCUT2D eigenvalue weighted by Gasteiger charge is -2.29. The topological polar surface area (TPSA) is 70.8 Å². The van der Waals surface area contributed by atoms with Crippen LogP contribution >= 0.6 is 0 Å². The number of benzene rings is 1. The molecule has 26 heavy (non-hydrogen) atoms. The molecule has 1 amide bonds. The molecule has 2 aromatic rings. The quantitative estimate of drug-likeness (QED) is 0.803. The Morgan fingerprint density at radius 2 is 2.12 bits per heavy atom. The summed E-state index contributed by atoms with van der Waals surface area (Å²) in [5.74, 6) is 0.661. The SMILES string of the molecule is CCN(CCn1cccn1)[C@@H]1CN(C(=O)c2ccc(OC)cc2)C[C@H]1O. The van der Waals surface area contributed by atoms with Crippen LogP contribution in [0.25, 0.3) is 0 Å². The van der Waals surface area contributed by atoms with Gasteiger partial charge in [0.25, 0.3) is 5.91 Å². The van der Waals surface area contributed by atoms with Crippen molar-refractivity contribution in [3.8, 4) is 5.75 Å². The largest absolute Gasteiger partial charge is 0.497 e. The molecule has 1 fully saturated rings. The van der Waals surface area contributed by atoms with Gasteiger partial charge in [0.2, 0.25) is 0 Å². The van der Waals surface area contributed by atoms with Gasteiger partial charge in [0.1, 0.15) is 5.75 Å². The Hall–Kier alpha value is -2.38. The minimum atomic E-state index is -0.547. The number of aliphatic hydroxyl groups is 1. The van der Waals surface area contributed by atoms with E-state index in [0.29, 0.717) is 18.7 Å². The number of methoxy groups -OCH3 is 1. The Bertz CT molecular complexity index is 702. The number of carbonyl (C=O) groups excluding carboxylic acids is 1. The lowest BCUT2D eigenvalue weighted by atomic mass is 10.2. The molecule has 7 heteroatoms. The standard InChI is InChI=1S/C19H26N4O3/c1-3-21(11-12-23-10-4-9-20-23)17-13-22(14-18(17)24)19(25)15-5-7-16(26-2)8-6-15/h4-10,17-18,24H,3,11-14H2,1-2H3/t17-,18-/m1/s1. The van der Waals surface area contributed by atoms with Crippen molar-refractivity contribution in [2.75, 3.05) is 33.3 Å². The van der Waals surface area contributed by atoms with Crippen molar-refractivity contribution in [2.45, 2.75) is 25.6 Å². The molecular formula is C19H26N4O3. The Labute approximate surface area is 153 Å². The predicted molar refractivity (Wildman–Crippen MR) is 98.2 cm³/mol. The molecule has 1 aromatic heterocycles. The van der Waals surface area contributed by atoms with Gasteiger partial charge in [0.05, 0.1) is 25.8 Å². The van der Waals surface area contributed by atoms with Crippen LogP contribution in [0, 0.1) is 0 Å². The molecule has 2 atom stereocenters. The maximum absolute atomic E-state index is 12.7. The third-order valence-corrected chi connectivity index (χ3v) is 4.93. The fourth-order valence-electron chi connectivity index (χ4n) is 3.43. The van der Waals surface area contributed by atoms with Crippen LogP contribution in [0.1, 0.15) is 17.3 Å². The first kappa shape index (κ1) is 18.4. The number of likely N-dealkylation sites (tertiary alicyclic amines) is 1. The summed E-state index contributed by atoms with van der Waals surface area (Å²) in [6.45, 7) is 5.31. The molecule has 1 aliphatic rings. The first-order valence-electron chi connectivity index (χ1n) is 8.95. The number of hydrogen-bond acceptors (Lipinski definition) is 5. The highest BCUT2D eigenvalue weighted by atomic mass is 16.5. The zero-order chi connectivity index (χ0) is 18.5. The average molecular weight is 358 g/mol. The van der Waals surface area contributed by atoms with E-state index >= 15 is 0 Å². The second-order valence-corrected chi connectivity index (χ2v) is 6.47. The Balaban J connectivity index is 1.62. The normalized spacial score (nSPS) is 19.9. The Morgan fingerprint density at radius 3 is 2.73 bits per heavy atom. The van der Waals surface area contributed by atoms with E-state index in [2.05, 4.69) is 16.9 Å². The third kappa shape index (κ3) is 4.05. The van der Waals surface area contributed by atoms with Crippen LogP contribution in [-0.2, 0) is 6.54 Å². The number of aromatic nitrogens is 2. The predicted octanol–water partition coefficient (Wildman–Crippen LogP) is 1.10. The van der Waals surface area contributed by atoms with Gasteiger partial charge in [0.15, 0.2) is 0 Å². The maximum Gasteiger partial charge on any atom is 0.254 e. The molecule has 0 bridgehead atoms. The number of hydrogen-bond donors (Lipinski definition) is 1. The van der Waals surface area contributed by atoms with Crippen LogP contribution in [0.4, 0.5) is 0 Å². The van der Waals surface area contributed by atoms with Crippen molar-refractivity contribution in [3.63, 3.8) is 0 Å². The van der Waals surface area contributed by atoms with Crippen molar-refractivity contribution < 1.29 is 14.6 Å². The molecule has 0 unspecified atom stereocenters. The monoisotopic (exact) mass is 358 g/mol. The summed E-state index contributed by atoms with van der Waals surface area (Å²) >= 11 is 0. The van der Waals surface area contributed by atoms with Crippen molar-refractivity contribution >= 4 is 5.91 Å². The Morgan fingerprint density at radius 1 is 1.35 bits per heavy atom. The van der Waals surface area contributed by atoms with E-state index in [1.807, 2.05) is 16.9 Å². The molecule has 1 aliphatic heterocycles. The van der Waals surface area contributed by atoms with E-state index in [0.717, 1.165) is 25.4 Å². The molecule has 1 aromatic carbocycles. The molecule has 0 radical (unpaired) electrons. The van der Waals surface area contributed by atoms with E-state index in [4.69, 9.17) is 4.74 Å². The summed E-state index contributed by atoms with van der Waals surface area (Å²) in [6, 6.07) is 8.92. The summed E-state index contributed by atoms with van der Waals surface area (Å²) in [4.78, 5) is 16.7. The Kier molecular flexibility index (Phi) is 5.90. The minimum Gasteiger partial charge on any atom is -0.497 e. The number of aliphatic hydroxyl groups excluding tert-OH is 1. The number of amides is 1. The molecule has 0 spiro atoms. The molecule has 2 heterocycles. The zero-order valence-electron chi connectivity index (χ0n) is 15.3. The van der Waals surface area contributed by atoms with Crippen molar-refractivity contribution in [1.29, 1.82) is 0 Å². The van der Waals surface area contributed by atoms with Gasteiger partial charge in [-0.25, -0.2) is 0 Å². The fraction of sp³-hybridized carbons (Fsp3) is 0.474. The van der Waals surface area contributed by atoms with E-state index in [1.165, 1.54) is 0 Å². The van der Waals surface area contributed by atoms with E-state index in [1.54, 1.807) is 42.5 Å². The van der Waals surface area contributed by atoms with Gasteiger partial charge in [-0.1, -0.05) is 6.92 Å². The van der Waals surface area contributed by atoms with Crippen LogP contribution < -0.4 is 4.74 Å². The number of rotatable bonds is 7. The van der Waals surface area contributed by atoms with Crippen molar-refractivity contribution in [3.05, 3.63) is 48.3 Å². The smallest absolute Gasteiger partial charge is 0.254 e. The molecule has 3 rings (SSSR count). The van der Waals surface area contributed by atoms with E-state index < -0.39 is 6.10 Å². The second-order valence-electron chi connectivity index (χ2n) is 6.47. The van der Waals surface area contributed by atoms with Crippen molar-refractivity contribution in [2.24, 2.45) is 0 Å². The first-order valence-corrected chi connectivity index (χ1v) is 8.95. The van der Waals surface area contributed by atoms with Gasteiger partial charge < -0.3 is 14.7 Å². The van der Waals surface area contributed by atoms with Crippen molar-refractivity contribution in [1.82, 2.24) is 19.6 Å². The number of nitrogens with zero attached hydrogens (tertiary/aromatic N) is 4. The van der Waals surface area contributed by atoms with Gasteiger partial charge in [-0.15, -0.1) is 0 Å². The summed E-state index contributed by atoms with van der Waals surface area (Å²) < 4.78 is 7.01. The fourth-order valence-corrected chi connectivity index (χ4v) is 3.43. The molecule has 0 saturated carbocycles. The second kappa shape index (κ2) is 8.33. The lowest BCUT2D eigenvalue weighted by molar-refractivity contribution is 0.0759. The number of likely N-dealkylation sites (N-methyl/N-ethyl adjacent to an activating group) is 1. The highest BCUT2D eigenvalue weighted by Crippen LogP contribution is 2.20. The number of ether oxygens (including phenoxy) is 1. The van der Waals surface area contributed by atoms with Gasteiger partial charge >= 0.3 is 0 Å². The highest BCUT2D eigenvalue weighted by molar-refractivity contribution is 5.94. The molecular weight excluding hydrogens is 332 g/mol. The van der Waals surface area contributed by atoms with Crippen LogP contribution in [0.2, 0.25) is 0 Å². The third-order valence-electron chi connectivity index (χ3n) is 4.93. The maximum atomic E-state index is 12.7. The summed E-state index contributed by atoms with van der Waals surface area (Å²) in [7, 11) is 1.60. The molecule has 1 saturated heterocycles. The molecule has 7 nitrogen and oxygen atoms in total. The lowest BCUT2D eigenvalue weighted by Crippen LogP contribution is -2.44. The summed E-state index contributed by atoms with van der Waals surface area (Å²) in [6.07, 6.45) is 3.14. The first-order chi connectivity index (χ1) is 12.6. The highest BCUT2D eigenvalue weighted by Gasteiger charge is 2.37. The molecule has 1 N–H and O–H groups in total. The zero-order valence-corrected chi connectivity index (χ0v) is 15.3. The van der Waals surface area contributed by atoms with E-state index in [-0.39, 0.29) is 11.9 Å². The molecule has 140 valence electrons. The van der Waals surface area contributed by atoms with Gasteiger partial charge in [-0.05, 0) is 36.9 Å². The number of carbonyl (C=O) groups is 1. The van der Waals surface area contributed by atoms with Crippen LogP contribution in [0.3, 0.4) is 0 Å². The summed E-state index contributed by atoms with van der Waals surface area (Å²) in [5.41, 5.74) is 0.609. The van der Waals surface area contributed by atoms with Gasteiger partial charge in [0, 0.05) is 37.6 Å². The van der Waals surface area contributed by atoms with Gasteiger partial charge in [-0.2, -0.15) is 5.10 Å².